The summed E-state index contributed by atoms with van der Waals surface area (Å²) in [6.07, 6.45) is 5.39. The summed E-state index contributed by atoms with van der Waals surface area (Å²) >= 11 is 0. The summed E-state index contributed by atoms with van der Waals surface area (Å²) in [5.41, 5.74) is 2.41. The summed E-state index contributed by atoms with van der Waals surface area (Å²) in [5, 5.41) is 5.47. The second kappa shape index (κ2) is 7.00. The smallest absolute Gasteiger partial charge is 0.268 e. The average Bonchev–Trinajstić information content (AvgIpc) is 3.09. The predicted molar refractivity (Wildman–Crippen MR) is 100 cm³/mol. The number of hydrogen-bond donors (Lipinski definition) is 3. The van der Waals surface area contributed by atoms with Crippen LogP contribution in [0.25, 0.3) is 6.08 Å². The number of piperazine rings is 1. The number of carbonyl (C=O) groups excluding carboxylic acids is 2. The number of H-pyrrole nitrogens is 1. The number of imidazole rings is 1. The van der Waals surface area contributed by atoms with Gasteiger partial charge in [0.25, 0.3) is 5.91 Å². The molecule has 0 spiro atoms. The van der Waals surface area contributed by atoms with Gasteiger partial charge in [-0.25, -0.2) is 4.98 Å². The van der Waals surface area contributed by atoms with E-state index in [1.165, 1.54) is 0 Å². The first-order valence-electron chi connectivity index (χ1n) is 8.45. The van der Waals surface area contributed by atoms with Gasteiger partial charge in [-0.2, -0.15) is 0 Å². The normalized spacial score (nSPS) is 19.2. The van der Waals surface area contributed by atoms with Crippen LogP contribution in [0.3, 0.4) is 0 Å². The lowest BCUT2D eigenvalue weighted by molar-refractivity contribution is -0.131. The van der Waals surface area contributed by atoms with Crippen molar-refractivity contribution in [2.45, 2.75) is 31.7 Å². The van der Waals surface area contributed by atoms with E-state index >= 15 is 0 Å². The van der Waals surface area contributed by atoms with Gasteiger partial charge in [0, 0.05) is 17.5 Å². The van der Waals surface area contributed by atoms with Crippen molar-refractivity contribution in [2.24, 2.45) is 0 Å². The highest BCUT2D eigenvalue weighted by atomic mass is 16.2. The first-order chi connectivity index (χ1) is 12.4. The number of hydrogen-bond acceptors (Lipinski definition) is 3. The molecule has 0 radical (unpaired) electrons. The number of carbonyl (C=O) groups is 2. The van der Waals surface area contributed by atoms with Crippen molar-refractivity contribution >= 4 is 17.9 Å². The van der Waals surface area contributed by atoms with Crippen LogP contribution in [0.4, 0.5) is 0 Å². The first kappa shape index (κ1) is 17.7. The molecule has 2 heterocycles. The Morgan fingerprint density at radius 3 is 2.65 bits per heavy atom. The van der Waals surface area contributed by atoms with Gasteiger partial charge in [-0.1, -0.05) is 50.3 Å². The number of benzene rings is 1. The van der Waals surface area contributed by atoms with Gasteiger partial charge in [0.15, 0.2) is 0 Å². The quantitative estimate of drug-likeness (QED) is 0.570. The zero-order valence-electron chi connectivity index (χ0n) is 14.9. The minimum Gasteiger partial charge on any atom is -0.348 e. The fraction of sp³-hybridized carbons (Fsp3) is 0.250. The molecule has 1 aromatic heterocycles. The van der Waals surface area contributed by atoms with Crippen LogP contribution in [-0.4, -0.2) is 27.8 Å². The van der Waals surface area contributed by atoms with Crippen LogP contribution in [0.5, 0.6) is 0 Å². The molecule has 1 aliphatic heterocycles. The molecule has 3 rings (SSSR count). The lowest BCUT2D eigenvalue weighted by Crippen LogP contribution is -2.55. The second-order valence-electron chi connectivity index (χ2n) is 6.84. The molecule has 0 aliphatic carbocycles. The zero-order chi connectivity index (χ0) is 18.7. The van der Waals surface area contributed by atoms with Crippen molar-refractivity contribution in [2.75, 3.05) is 0 Å². The highest BCUT2D eigenvalue weighted by Crippen LogP contribution is 2.25. The van der Waals surface area contributed by atoms with Crippen LogP contribution in [0, 0.1) is 0 Å². The van der Waals surface area contributed by atoms with E-state index in [0.717, 1.165) is 17.0 Å². The maximum Gasteiger partial charge on any atom is 0.268 e. The van der Waals surface area contributed by atoms with Gasteiger partial charge < -0.3 is 15.6 Å². The molecule has 1 aromatic carbocycles. The summed E-state index contributed by atoms with van der Waals surface area (Å²) < 4.78 is 0. The van der Waals surface area contributed by atoms with Crippen molar-refractivity contribution < 1.29 is 9.59 Å². The highest BCUT2D eigenvalue weighted by Gasteiger charge is 2.32. The molecular weight excluding hydrogens is 328 g/mol. The number of aromatic amines is 1. The second-order valence-corrected chi connectivity index (χ2v) is 6.84. The van der Waals surface area contributed by atoms with Gasteiger partial charge in [-0.3, -0.25) is 9.59 Å². The van der Waals surface area contributed by atoms with Gasteiger partial charge >= 0.3 is 0 Å². The summed E-state index contributed by atoms with van der Waals surface area (Å²) in [5.74, 6) is -0.560. The van der Waals surface area contributed by atoms with Crippen LogP contribution in [-0.2, 0) is 21.4 Å². The molecule has 1 saturated heterocycles. The Hall–Kier alpha value is -3.15. The molecule has 1 unspecified atom stereocenters. The SMILES string of the molecule is C=CC(C)(C)c1[nH]cnc1CC1NC(=O)/C(=C/c2ccccc2)NC1=O. The minimum atomic E-state index is -0.668. The van der Waals surface area contributed by atoms with Crippen LogP contribution in [0.1, 0.15) is 30.8 Å². The number of rotatable bonds is 5. The van der Waals surface area contributed by atoms with E-state index in [2.05, 4.69) is 27.2 Å². The van der Waals surface area contributed by atoms with Gasteiger partial charge in [-0.05, 0) is 11.6 Å². The Kier molecular flexibility index (Phi) is 4.75. The Balaban J connectivity index is 1.77. The van der Waals surface area contributed by atoms with E-state index in [9.17, 15) is 9.59 Å². The fourth-order valence-electron chi connectivity index (χ4n) is 2.87. The van der Waals surface area contributed by atoms with Crippen LogP contribution >= 0.6 is 0 Å². The maximum absolute atomic E-state index is 12.5. The lowest BCUT2D eigenvalue weighted by atomic mass is 9.87. The largest absolute Gasteiger partial charge is 0.348 e. The number of amides is 2. The Bertz CT molecular complexity index is 865. The lowest BCUT2D eigenvalue weighted by Gasteiger charge is -2.26. The van der Waals surface area contributed by atoms with Crippen LogP contribution < -0.4 is 10.6 Å². The third-order valence-electron chi connectivity index (χ3n) is 4.50. The summed E-state index contributed by atoms with van der Waals surface area (Å²) in [7, 11) is 0. The van der Waals surface area contributed by atoms with Crippen molar-refractivity contribution in [3.63, 3.8) is 0 Å². The Morgan fingerprint density at radius 2 is 1.96 bits per heavy atom. The number of nitrogens with zero attached hydrogens (tertiary/aromatic N) is 1. The fourth-order valence-corrected chi connectivity index (χ4v) is 2.87. The molecule has 1 atom stereocenters. The molecule has 134 valence electrons. The number of nitrogens with one attached hydrogen (secondary N) is 3. The molecule has 2 aromatic rings. The molecule has 6 heteroatoms. The third kappa shape index (κ3) is 3.59. The van der Waals surface area contributed by atoms with E-state index in [1.54, 1.807) is 12.4 Å². The molecule has 1 fully saturated rings. The zero-order valence-corrected chi connectivity index (χ0v) is 14.9. The van der Waals surface area contributed by atoms with Gasteiger partial charge in [0.2, 0.25) is 5.91 Å². The van der Waals surface area contributed by atoms with Gasteiger partial charge in [-0.15, -0.1) is 6.58 Å². The van der Waals surface area contributed by atoms with E-state index in [4.69, 9.17) is 0 Å². The maximum atomic E-state index is 12.5. The predicted octanol–water partition coefficient (Wildman–Crippen LogP) is 2.07. The molecule has 6 nitrogen and oxygen atoms in total. The topological polar surface area (TPSA) is 86.9 Å². The van der Waals surface area contributed by atoms with Crippen molar-refractivity contribution in [3.05, 3.63) is 72.0 Å². The monoisotopic (exact) mass is 350 g/mol. The van der Waals surface area contributed by atoms with Crippen molar-refractivity contribution in [1.29, 1.82) is 0 Å². The Morgan fingerprint density at radius 1 is 1.23 bits per heavy atom. The molecule has 3 N–H and O–H groups in total. The van der Waals surface area contributed by atoms with Crippen LogP contribution in [0.15, 0.2) is 55.0 Å². The summed E-state index contributed by atoms with van der Waals surface area (Å²) in [4.78, 5) is 32.3. The van der Waals surface area contributed by atoms with Crippen LogP contribution in [0.2, 0.25) is 0 Å². The average molecular weight is 350 g/mol. The molecule has 0 bridgehead atoms. The minimum absolute atomic E-state index is 0.242. The van der Waals surface area contributed by atoms with Crippen molar-refractivity contribution in [1.82, 2.24) is 20.6 Å². The third-order valence-corrected chi connectivity index (χ3v) is 4.50. The van der Waals surface area contributed by atoms with E-state index in [-0.39, 0.29) is 22.9 Å². The van der Waals surface area contributed by atoms with Gasteiger partial charge in [0.1, 0.15) is 11.7 Å². The summed E-state index contributed by atoms with van der Waals surface area (Å²) in [6, 6.07) is 8.70. The molecule has 26 heavy (non-hydrogen) atoms. The van der Waals surface area contributed by atoms with E-state index in [0.29, 0.717) is 6.42 Å². The Labute approximate surface area is 152 Å². The number of allylic oxidation sites excluding steroid dienone is 1. The highest BCUT2D eigenvalue weighted by molar-refractivity contribution is 6.07. The van der Waals surface area contributed by atoms with E-state index < -0.39 is 6.04 Å². The molecular formula is C20H22N4O2. The molecule has 1 aliphatic rings. The van der Waals surface area contributed by atoms with Crippen molar-refractivity contribution in [3.8, 4) is 0 Å². The first-order valence-corrected chi connectivity index (χ1v) is 8.45. The number of aromatic nitrogens is 2. The standard InChI is InChI=1S/C20H22N4O2/c1-4-20(2,3)17-14(21-12-22-17)11-16-19(26)23-15(18(25)24-16)10-13-8-6-5-7-9-13/h4-10,12,16H,1,11H2,2-3H3,(H,21,22)(H,23,26)(H,24,25)/b15-10-. The van der Waals surface area contributed by atoms with Gasteiger partial charge in [0.05, 0.1) is 12.0 Å². The summed E-state index contributed by atoms with van der Waals surface area (Å²) in [6.45, 7) is 7.87. The molecule has 2 amide bonds. The molecule has 0 saturated carbocycles. The van der Waals surface area contributed by atoms with E-state index in [1.807, 2.05) is 50.3 Å².